The number of pyridine rings is 1. The summed E-state index contributed by atoms with van der Waals surface area (Å²) >= 11 is 11.4. The molecule has 1 aromatic heterocycles. The lowest BCUT2D eigenvalue weighted by Crippen LogP contribution is -2.35. The quantitative estimate of drug-likeness (QED) is 0.873. The number of anilines is 1. The second-order valence-electron chi connectivity index (χ2n) is 4.62. The summed E-state index contributed by atoms with van der Waals surface area (Å²) in [5, 5.41) is 3.36. The van der Waals surface area contributed by atoms with Gasteiger partial charge in [-0.3, -0.25) is 4.79 Å². The van der Waals surface area contributed by atoms with Crippen LogP contribution in [0.15, 0.2) is 47.5 Å². The van der Waals surface area contributed by atoms with Gasteiger partial charge in [-0.15, -0.1) is 0 Å². The molecule has 1 amide bonds. The Morgan fingerprint density at radius 1 is 1.13 bits per heavy atom. The average molecular weight is 374 g/mol. The molecule has 0 aliphatic heterocycles. The largest absolute Gasteiger partial charge is 0.310 e. The summed E-state index contributed by atoms with van der Waals surface area (Å²) in [6.07, 6.45) is 1.38. The van der Waals surface area contributed by atoms with Crippen LogP contribution in [0.5, 0.6) is 0 Å². The number of carbonyl (C=O) groups is 1. The normalized spacial score (nSPS) is 11.5. The van der Waals surface area contributed by atoms with Crippen molar-refractivity contribution in [3.8, 4) is 0 Å². The van der Waals surface area contributed by atoms with E-state index in [1.807, 2.05) is 0 Å². The van der Waals surface area contributed by atoms with Gasteiger partial charge in [0.25, 0.3) is 0 Å². The third-order valence-electron chi connectivity index (χ3n) is 2.88. The second kappa shape index (κ2) is 7.27. The highest BCUT2D eigenvalue weighted by Gasteiger charge is 2.23. The van der Waals surface area contributed by atoms with Crippen LogP contribution in [0.2, 0.25) is 10.0 Å². The molecule has 0 spiro atoms. The van der Waals surface area contributed by atoms with Crippen LogP contribution in [-0.4, -0.2) is 37.2 Å². The summed E-state index contributed by atoms with van der Waals surface area (Å²) in [6.45, 7) is -0.352. The standard InChI is InChI=1S/C14H13Cl2N3O3S/c1-19(23(21,22)12-5-2-10(15)3-6-12)9-14(20)18-13-7-4-11(16)8-17-13/h2-8H,9H2,1H3,(H,17,18,20). The van der Waals surface area contributed by atoms with Gasteiger partial charge in [0.05, 0.1) is 16.5 Å². The fourth-order valence-corrected chi connectivity index (χ4v) is 3.07. The van der Waals surface area contributed by atoms with Crippen molar-refractivity contribution in [2.75, 3.05) is 18.9 Å². The van der Waals surface area contributed by atoms with E-state index < -0.39 is 15.9 Å². The molecule has 0 fully saturated rings. The minimum atomic E-state index is -3.78. The predicted octanol–water partition coefficient (Wildman–Crippen LogP) is 2.65. The van der Waals surface area contributed by atoms with Crippen LogP contribution >= 0.6 is 23.2 Å². The molecule has 6 nitrogen and oxygen atoms in total. The fourth-order valence-electron chi connectivity index (χ4n) is 1.71. The third kappa shape index (κ3) is 4.65. The van der Waals surface area contributed by atoms with E-state index in [1.165, 1.54) is 43.6 Å². The zero-order chi connectivity index (χ0) is 17.0. The summed E-state index contributed by atoms with van der Waals surface area (Å²) in [7, 11) is -2.46. The molecule has 0 atom stereocenters. The zero-order valence-electron chi connectivity index (χ0n) is 12.0. The molecule has 0 radical (unpaired) electrons. The maximum absolute atomic E-state index is 12.3. The molecule has 2 rings (SSSR count). The Bertz CT molecular complexity index is 793. The smallest absolute Gasteiger partial charge is 0.243 e. The van der Waals surface area contributed by atoms with Gasteiger partial charge in [-0.1, -0.05) is 23.2 Å². The maximum Gasteiger partial charge on any atom is 0.243 e. The number of aromatic nitrogens is 1. The lowest BCUT2D eigenvalue weighted by molar-refractivity contribution is -0.116. The summed E-state index contributed by atoms with van der Waals surface area (Å²) in [6, 6.07) is 8.80. The summed E-state index contributed by atoms with van der Waals surface area (Å²) in [5.41, 5.74) is 0. The van der Waals surface area contributed by atoms with Gasteiger partial charge in [-0.05, 0) is 36.4 Å². The minimum absolute atomic E-state index is 0.0572. The molecule has 122 valence electrons. The van der Waals surface area contributed by atoms with Gasteiger partial charge in [0.1, 0.15) is 5.82 Å². The lowest BCUT2D eigenvalue weighted by Gasteiger charge is -2.16. The number of halogens is 2. The van der Waals surface area contributed by atoms with Crippen molar-refractivity contribution >= 4 is 45.0 Å². The minimum Gasteiger partial charge on any atom is -0.310 e. The Labute approximate surface area is 144 Å². The van der Waals surface area contributed by atoms with Crippen LogP contribution in [0.1, 0.15) is 0 Å². The van der Waals surface area contributed by atoms with Crippen LogP contribution in [0.4, 0.5) is 5.82 Å². The molecule has 0 aliphatic carbocycles. The molecule has 0 saturated heterocycles. The van der Waals surface area contributed by atoms with Gasteiger partial charge < -0.3 is 5.32 Å². The first-order chi connectivity index (χ1) is 10.8. The first kappa shape index (κ1) is 17.7. The Balaban J connectivity index is 2.05. The number of likely N-dealkylation sites (N-methyl/N-ethyl adjacent to an activating group) is 1. The van der Waals surface area contributed by atoms with E-state index in [4.69, 9.17) is 23.2 Å². The van der Waals surface area contributed by atoms with Crippen molar-refractivity contribution in [2.24, 2.45) is 0 Å². The topological polar surface area (TPSA) is 79.4 Å². The lowest BCUT2D eigenvalue weighted by atomic mass is 10.4. The number of hydrogen-bond acceptors (Lipinski definition) is 4. The molecule has 0 aliphatic rings. The molecule has 23 heavy (non-hydrogen) atoms. The van der Waals surface area contributed by atoms with Gasteiger partial charge in [0, 0.05) is 18.3 Å². The SMILES string of the molecule is CN(CC(=O)Nc1ccc(Cl)cn1)S(=O)(=O)c1ccc(Cl)cc1. The first-order valence-corrected chi connectivity index (χ1v) is 8.62. The third-order valence-corrected chi connectivity index (χ3v) is 5.18. The molecule has 9 heteroatoms. The Morgan fingerprint density at radius 3 is 2.30 bits per heavy atom. The summed E-state index contributed by atoms with van der Waals surface area (Å²) in [4.78, 5) is 15.9. The van der Waals surface area contributed by atoms with E-state index >= 15 is 0 Å². The van der Waals surface area contributed by atoms with Gasteiger partial charge in [0.2, 0.25) is 15.9 Å². The first-order valence-electron chi connectivity index (χ1n) is 6.42. The molecule has 0 bridgehead atoms. The average Bonchev–Trinajstić information content (AvgIpc) is 2.50. The van der Waals surface area contributed by atoms with Crippen molar-refractivity contribution in [3.63, 3.8) is 0 Å². The van der Waals surface area contributed by atoms with Crippen LogP contribution < -0.4 is 5.32 Å². The van der Waals surface area contributed by atoms with Crippen LogP contribution in [-0.2, 0) is 14.8 Å². The van der Waals surface area contributed by atoms with E-state index in [-0.39, 0.29) is 17.3 Å². The molecule has 0 unspecified atom stereocenters. The molecule has 2 aromatic rings. The van der Waals surface area contributed by atoms with E-state index in [0.29, 0.717) is 10.0 Å². The molecule has 0 saturated carbocycles. The van der Waals surface area contributed by atoms with Crippen molar-refractivity contribution in [1.29, 1.82) is 0 Å². The number of rotatable bonds is 5. The Kier molecular flexibility index (Phi) is 5.59. The number of hydrogen-bond donors (Lipinski definition) is 1. The number of sulfonamides is 1. The monoisotopic (exact) mass is 373 g/mol. The van der Waals surface area contributed by atoms with Gasteiger partial charge in [0.15, 0.2) is 0 Å². The molecule has 1 heterocycles. The fraction of sp³-hybridized carbons (Fsp3) is 0.143. The van der Waals surface area contributed by atoms with Crippen LogP contribution in [0.25, 0.3) is 0 Å². The zero-order valence-corrected chi connectivity index (χ0v) is 14.4. The van der Waals surface area contributed by atoms with Crippen molar-refractivity contribution < 1.29 is 13.2 Å². The Morgan fingerprint density at radius 2 is 1.74 bits per heavy atom. The number of benzene rings is 1. The van der Waals surface area contributed by atoms with E-state index in [1.54, 1.807) is 6.07 Å². The van der Waals surface area contributed by atoms with E-state index in [0.717, 1.165) is 4.31 Å². The van der Waals surface area contributed by atoms with E-state index in [2.05, 4.69) is 10.3 Å². The molecule has 1 N–H and O–H groups in total. The number of carbonyl (C=O) groups excluding carboxylic acids is 1. The molecule has 1 aromatic carbocycles. The van der Waals surface area contributed by atoms with Crippen molar-refractivity contribution in [1.82, 2.24) is 9.29 Å². The van der Waals surface area contributed by atoms with Gasteiger partial charge >= 0.3 is 0 Å². The predicted molar refractivity (Wildman–Crippen MR) is 89.1 cm³/mol. The number of nitrogens with zero attached hydrogens (tertiary/aromatic N) is 2. The Hall–Kier alpha value is -1.67. The molecular formula is C14H13Cl2N3O3S. The van der Waals surface area contributed by atoms with Gasteiger partial charge in [-0.2, -0.15) is 4.31 Å². The van der Waals surface area contributed by atoms with E-state index in [9.17, 15) is 13.2 Å². The number of nitrogens with one attached hydrogen (secondary N) is 1. The van der Waals surface area contributed by atoms with Gasteiger partial charge in [-0.25, -0.2) is 13.4 Å². The highest BCUT2D eigenvalue weighted by atomic mass is 35.5. The number of amides is 1. The molecular weight excluding hydrogens is 361 g/mol. The van der Waals surface area contributed by atoms with Crippen LogP contribution in [0, 0.1) is 0 Å². The maximum atomic E-state index is 12.3. The highest BCUT2D eigenvalue weighted by Crippen LogP contribution is 2.17. The van der Waals surface area contributed by atoms with Crippen molar-refractivity contribution in [3.05, 3.63) is 52.6 Å². The van der Waals surface area contributed by atoms with Crippen molar-refractivity contribution in [2.45, 2.75) is 4.90 Å². The summed E-state index contributed by atoms with van der Waals surface area (Å²) in [5.74, 6) is -0.225. The van der Waals surface area contributed by atoms with Crippen LogP contribution in [0.3, 0.4) is 0 Å². The second-order valence-corrected chi connectivity index (χ2v) is 7.54. The highest BCUT2D eigenvalue weighted by molar-refractivity contribution is 7.89. The summed E-state index contributed by atoms with van der Waals surface area (Å²) < 4.78 is 25.6.